The van der Waals surface area contributed by atoms with Crippen molar-refractivity contribution in [2.45, 2.75) is 18.4 Å². The van der Waals surface area contributed by atoms with Gasteiger partial charge in [-0.25, -0.2) is 0 Å². The Kier molecular flexibility index (Phi) is 7.15. The van der Waals surface area contributed by atoms with Crippen LogP contribution >= 0.6 is 11.8 Å². The quantitative estimate of drug-likeness (QED) is 0.738. The highest BCUT2D eigenvalue weighted by Crippen LogP contribution is 2.23. The van der Waals surface area contributed by atoms with E-state index in [0.717, 1.165) is 13.1 Å². The highest BCUT2D eigenvalue weighted by Gasteiger charge is 2.12. The number of amides is 1. The van der Waals surface area contributed by atoms with Gasteiger partial charge in [-0.2, -0.15) is 0 Å². The van der Waals surface area contributed by atoms with E-state index in [1.54, 1.807) is 18.9 Å². The zero-order valence-electron chi connectivity index (χ0n) is 14.4. The number of carbonyl (C=O) groups excluding carboxylic acids is 1. The Labute approximate surface area is 148 Å². The van der Waals surface area contributed by atoms with Gasteiger partial charge in [0.25, 0.3) is 0 Å². The molecule has 0 atom stereocenters. The molecular formula is C19H24N2O2S. The standard InChI is InChI=1S/C19H24N2O2S/c1-4-21(13-15-9-11-16(24-3)12-10-15)14-19(22)20-17-7-5-6-8-18(17)23-2/h5-12H,4,13-14H2,1-3H3,(H,20,22). The maximum Gasteiger partial charge on any atom is 0.238 e. The first-order valence-corrected chi connectivity index (χ1v) is 9.17. The maximum atomic E-state index is 12.3. The van der Waals surface area contributed by atoms with E-state index in [1.807, 2.05) is 24.3 Å². The number of hydrogen-bond donors (Lipinski definition) is 1. The summed E-state index contributed by atoms with van der Waals surface area (Å²) in [7, 11) is 1.60. The minimum absolute atomic E-state index is 0.0397. The molecule has 2 aromatic rings. The number of thioether (sulfide) groups is 1. The Morgan fingerprint density at radius 1 is 1.17 bits per heavy atom. The average molecular weight is 344 g/mol. The SMILES string of the molecule is CCN(CC(=O)Nc1ccccc1OC)Cc1ccc(SC)cc1. The van der Waals surface area contributed by atoms with Gasteiger partial charge in [-0.15, -0.1) is 11.8 Å². The van der Waals surface area contributed by atoms with Crippen LogP contribution in [0, 0.1) is 0 Å². The van der Waals surface area contributed by atoms with Crippen molar-refractivity contribution in [3.8, 4) is 5.75 Å². The molecule has 128 valence electrons. The Hall–Kier alpha value is -1.98. The van der Waals surface area contributed by atoms with Gasteiger partial charge < -0.3 is 10.1 Å². The summed E-state index contributed by atoms with van der Waals surface area (Å²) in [5.41, 5.74) is 1.91. The number of anilines is 1. The van der Waals surface area contributed by atoms with Gasteiger partial charge in [0, 0.05) is 11.4 Å². The van der Waals surface area contributed by atoms with Gasteiger partial charge in [0.1, 0.15) is 5.75 Å². The Morgan fingerprint density at radius 3 is 2.50 bits per heavy atom. The largest absolute Gasteiger partial charge is 0.495 e. The number of methoxy groups -OCH3 is 1. The first-order valence-electron chi connectivity index (χ1n) is 7.94. The van der Waals surface area contributed by atoms with Crippen LogP contribution in [-0.4, -0.2) is 37.3 Å². The van der Waals surface area contributed by atoms with Gasteiger partial charge in [0.2, 0.25) is 5.91 Å². The van der Waals surface area contributed by atoms with Crippen LogP contribution in [0.15, 0.2) is 53.4 Å². The average Bonchev–Trinajstić information content (AvgIpc) is 2.62. The molecule has 0 aliphatic carbocycles. The lowest BCUT2D eigenvalue weighted by atomic mass is 10.2. The van der Waals surface area contributed by atoms with Crippen molar-refractivity contribution in [1.29, 1.82) is 0 Å². The zero-order valence-corrected chi connectivity index (χ0v) is 15.2. The fourth-order valence-electron chi connectivity index (χ4n) is 2.41. The molecule has 4 nitrogen and oxygen atoms in total. The molecule has 2 rings (SSSR count). The second-order valence-corrected chi connectivity index (χ2v) is 6.28. The smallest absolute Gasteiger partial charge is 0.238 e. The summed E-state index contributed by atoms with van der Waals surface area (Å²) in [5.74, 6) is 0.628. The van der Waals surface area contributed by atoms with Crippen LogP contribution in [0.5, 0.6) is 5.75 Å². The third-order valence-electron chi connectivity index (χ3n) is 3.76. The van der Waals surface area contributed by atoms with Gasteiger partial charge in [-0.3, -0.25) is 9.69 Å². The fourth-order valence-corrected chi connectivity index (χ4v) is 2.82. The summed E-state index contributed by atoms with van der Waals surface area (Å²) >= 11 is 1.73. The van der Waals surface area contributed by atoms with E-state index in [-0.39, 0.29) is 5.91 Å². The summed E-state index contributed by atoms with van der Waals surface area (Å²) in [4.78, 5) is 15.7. The maximum absolute atomic E-state index is 12.3. The molecule has 0 spiro atoms. The molecule has 0 fully saturated rings. The number of carbonyl (C=O) groups is 1. The van der Waals surface area contributed by atoms with Gasteiger partial charge in [0.05, 0.1) is 19.3 Å². The second-order valence-electron chi connectivity index (χ2n) is 5.40. The molecule has 0 radical (unpaired) electrons. The second kappa shape index (κ2) is 9.35. The van der Waals surface area contributed by atoms with E-state index in [2.05, 4.69) is 47.7 Å². The molecule has 0 aliphatic rings. The molecule has 2 aromatic carbocycles. The van der Waals surface area contributed by atoms with E-state index in [1.165, 1.54) is 10.5 Å². The van der Waals surface area contributed by atoms with Crippen LogP contribution < -0.4 is 10.1 Å². The lowest BCUT2D eigenvalue weighted by molar-refractivity contribution is -0.117. The van der Waals surface area contributed by atoms with Crippen LogP contribution in [0.1, 0.15) is 12.5 Å². The fraction of sp³-hybridized carbons (Fsp3) is 0.316. The Balaban J connectivity index is 1.94. The first-order chi connectivity index (χ1) is 11.7. The highest BCUT2D eigenvalue weighted by molar-refractivity contribution is 7.98. The molecule has 0 unspecified atom stereocenters. The van der Waals surface area contributed by atoms with Crippen molar-refractivity contribution < 1.29 is 9.53 Å². The summed E-state index contributed by atoms with van der Waals surface area (Å²) in [5, 5.41) is 2.92. The van der Waals surface area contributed by atoms with Crippen LogP contribution in [-0.2, 0) is 11.3 Å². The van der Waals surface area contributed by atoms with Crippen molar-refractivity contribution in [3.05, 3.63) is 54.1 Å². The van der Waals surface area contributed by atoms with E-state index in [4.69, 9.17) is 4.74 Å². The number of para-hydroxylation sites is 2. The summed E-state index contributed by atoms with van der Waals surface area (Å²) in [6.07, 6.45) is 2.07. The molecule has 24 heavy (non-hydrogen) atoms. The lowest BCUT2D eigenvalue weighted by Crippen LogP contribution is -2.32. The van der Waals surface area contributed by atoms with Crippen LogP contribution in [0.25, 0.3) is 0 Å². The topological polar surface area (TPSA) is 41.6 Å². The van der Waals surface area contributed by atoms with Crippen molar-refractivity contribution in [2.75, 3.05) is 31.8 Å². The Morgan fingerprint density at radius 2 is 1.88 bits per heavy atom. The zero-order chi connectivity index (χ0) is 17.4. The Bertz CT molecular complexity index is 659. The van der Waals surface area contributed by atoms with E-state index in [0.29, 0.717) is 18.0 Å². The monoisotopic (exact) mass is 344 g/mol. The molecular weight excluding hydrogens is 320 g/mol. The van der Waals surface area contributed by atoms with Gasteiger partial charge in [-0.1, -0.05) is 31.2 Å². The predicted molar refractivity (Wildman–Crippen MR) is 101 cm³/mol. The third kappa shape index (κ3) is 5.28. The minimum Gasteiger partial charge on any atom is -0.495 e. The summed E-state index contributed by atoms with van der Waals surface area (Å²) < 4.78 is 5.26. The van der Waals surface area contributed by atoms with Crippen molar-refractivity contribution in [3.63, 3.8) is 0 Å². The number of ether oxygens (including phenoxy) is 1. The normalized spacial score (nSPS) is 10.7. The number of likely N-dealkylation sites (N-methyl/N-ethyl adjacent to an activating group) is 1. The number of benzene rings is 2. The molecule has 0 bridgehead atoms. The third-order valence-corrected chi connectivity index (χ3v) is 4.50. The molecule has 5 heteroatoms. The van der Waals surface area contributed by atoms with Crippen molar-refractivity contribution in [2.24, 2.45) is 0 Å². The molecule has 0 aliphatic heterocycles. The molecule has 0 aromatic heterocycles. The molecule has 0 heterocycles. The van der Waals surface area contributed by atoms with E-state index >= 15 is 0 Å². The summed E-state index contributed by atoms with van der Waals surface area (Å²) in [6, 6.07) is 15.9. The van der Waals surface area contributed by atoms with Crippen LogP contribution in [0.2, 0.25) is 0 Å². The minimum atomic E-state index is -0.0397. The van der Waals surface area contributed by atoms with E-state index < -0.39 is 0 Å². The van der Waals surface area contributed by atoms with Crippen LogP contribution in [0.3, 0.4) is 0 Å². The first kappa shape index (κ1) is 18.4. The number of nitrogens with zero attached hydrogens (tertiary/aromatic N) is 1. The van der Waals surface area contributed by atoms with Crippen molar-refractivity contribution >= 4 is 23.4 Å². The van der Waals surface area contributed by atoms with Gasteiger partial charge in [-0.05, 0) is 42.6 Å². The molecule has 0 saturated carbocycles. The van der Waals surface area contributed by atoms with Gasteiger partial charge in [0.15, 0.2) is 0 Å². The molecule has 1 N–H and O–H groups in total. The molecule has 0 saturated heterocycles. The predicted octanol–water partition coefficient (Wildman–Crippen LogP) is 3.88. The van der Waals surface area contributed by atoms with Gasteiger partial charge >= 0.3 is 0 Å². The van der Waals surface area contributed by atoms with Crippen LogP contribution in [0.4, 0.5) is 5.69 Å². The van der Waals surface area contributed by atoms with E-state index in [9.17, 15) is 4.79 Å². The highest BCUT2D eigenvalue weighted by atomic mass is 32.2. The number of nitrogens with one attached hydrogen (secondary N) is 1. The molecule has 1 amide bonds. The lowest BCUT2D eigenvalue weighted by Gasteiger charge is -2.20. The van der Waals surface area contributed by atoms with Crippen molar-refractivity contribution in [1.82, 2.24) is 4.90 Å². The number of rotatable bonds is 8. The number of hydrogen-bond acceptors (Lipinski definition) is 4. The summed E-state index contributed by atoms with van der Waals surface area (Å²) in [6.45, 7) is 3.97.